The predicted molar refractivity (Wildman–Crippen MR) is 122 cm³/mol. The number of non-ortho nitro benzene ring substituents is 1. The molecule has 2 fully saturated rings. The van der Waals surface area contributed by atoms with E-state index in [2.05, 4.69) is 15.2 Å². The van der Waals surface area contributed by atoms with Crippen molar-refractivity contribution in [1.82, 2.24) is 15.2 Å². The Morgan fingerprint density at radius 3 is 2.88 bits per heavy atom. The monoisotopic (exact) mass is 450 g/mol. The van der Waals surface area contributed by atoms with Crippen LogP contribution >= 0.6 is 12.2 Å². The third-order valence-electron chi connectivity index (χ3n) is 5.88. The molecule has 164 valence electrons. The summed E-state index contributed by atoms with van der Waals surface area (Å²) in [5, 5.41) is 15.2. The summed E-state index contributed by atoms with van der Waals surface area (Å²) >= 11 is 5.69. The van der Waals surface area contributed by atoms with E-state index in [-0.39, 0.29) is 23.9 Å². The summed E-state index contributed by atoms with van der Waals surface area (Å²) in [6, 6.07) is 15.6. The molecule has 0 radical (unpaired) electrons. The number of ether oxygens (including phenoxy) is 1. The first-order valence-corrected chi connectivity index (χ1v) is 11.0. The molecule has 3 atom stereocenters. The Kier molecular flexibility index (Phi) is 5.59. The highest BCUT2D eigenvalue weighted by Gasteiger charge is 2.42. The number of nitro groups is 1. The standard InChI is InChI=1S/C23H22N4O4S/c28-27(29)16-6-3-5-15(13-16)19-9-10-20(31-19)22-21(18-8-1-2-11-24-18)25-23(32)26(22)14-17-7-4-12-30-17/h1-3,5-6,8-11,13,17,21-22H,4,7,12,14H2,(H,25,32)/t17-,21-,22-/m1/s1. The van der Waals surface area contributed by atoms with E-state index in [9.17, 15) is 10.1 Å². The number of rotatable bonds is 6. The van der Waals surface area contributed by atoms with Crippen molar-refractivity contribution in [2.24, 2.45) is 0 Å². The molecule has 0 bridgehead atoms. The van der Waals surface area contributed by atoms with Crippen LogP contribution in [-0.2, 0) is 4.74 Å². The Bertz CT molecular complexity index is 1130. The third-order valence-corrected chi connectivity index (χ3v) is 6.23. The Hall–Kier alpha value is -3.30. The zero-order valence-electron chi connectivity index (χ0n) is 17.2. The molecule has 2 aromatic heterocycles. The summed E-state index contributed by atoms with van der Waals surface area (Å²) in [7, 11) is 0. The zero-order chi connectivity index (χ0) is 22.1. The summed E-state index contributed by atoms with van der Waals surface area (Å²) in [6.07, 6.45) is 3.92. The highest BCUT2D eigenvalue weighted by Crippen LogP contribution is 2.41. The lowest BCUT2D eigenvalue weighted by Crippen LogP contribution is -2.36. The van der Waals surface area contributed by atoms with Gasteiger partial charge in [0, 0.05) is 37.0 Å². The summed E-state index contributed by atoms with van der Waals surface area (Å²) in [4.78, 5) is 17.4. The van der Waals surface area contributed by atoms with Crippen molar-refractivity contribution in [2.45, 2.75) is 31.0 Å². The SMILES string of the molecule is O=[N+]([O-])c1cccc(-c2ccc([C@@H]3[C@@H](c4ccccn4)NC(=S)N3C[C@H]3CCCO3)o2)c1. The van der Waals surface area contributed by atoms with Crippen molar-refractivity contribution < 1.29 is 14.1 Å². The average Bonchev–Trinajstić information content (AvgIpc) is 3.56. The molecular weight excluding hydrogens is 428 g/mol. The molecular formula is C23H22N4O4S. The molecule has 2 aliphatic heterocycles. The predicted octanol–water partition coefficient (Wildman–Crippen LogP) is 4.40. The van der Waals surface area contributed by atoms with Crippen LogP contribution in [0.4, 0.5) is 5.69 Å². The van der Waals surface area contributed by atoms with Gasteiger partial charge in [0.15, 0.2) is 5.11 Å². The lowest BCUT2D eigenvalue weighted by Gasteiger charge is -2.28. The number of pyridine rings is 1. The van der Waals surface area contributed by atoms with Gasteiger partial charge < -0.3 is 19.4 Å². The van der Waals surface area contributed by atoms with Gasteiger partial charge in [-0.25, -0.2) is 0 Å². The van der Waals surface area contributed by atoms with Crippen molar-refractivity contribution in [2.75, 3.05) is 13.2 Å². The van der Waals surface area contributed by atoms with E-state index in [0.717, 1.165) is 25.1 Å². The number of aromatic nitrogens is 1. The zero-order valence-corrected chi connectivity index (χ0v) is 18.0. The second kappa shape index (κ2) is 8.68. The Morgan fingerprint density at radius 1 is 1.22 bits per heavy atom. The van der Waals surface area contributed by atoms with Crippen molar-refractivity contribution in [3.63, 3.8) is 0 Å². The fourth-order valence-corrected chi connectivity index (χ4v) is 4.67. The summed E-state index contributed by atoms with van der Waals surface area (Å²) in [5.74, 6) is 1.28. The maximum Gasteiger partial charge on any atom is 0.270 e. The first kappa shape index (κ1) is 20.6. The highest BCUT2D eigenvalue weighted by atomic mass is 32.1. The highest BCUT2D eigenvalue weighted by molar-refractivity contribution is 7.80. The fraction of sp³-hybridized carbons (Fsp3) is 0.304. The minimum absolute atomic E-state index is 0.0236. The molecule has 0 amide bonds. The number of nitrogens with one attached hydrogen (secondary N) is 1. The van der Waals surface area contributed by atoms with E-state index in [4.69, 9.17) is 21.4 Å². The lowest BCUT2D eigenvalue weighted by molar-refractivity contribution is -0.384. The first-order chi connectivity index (χ1) is 15.6. The van der Waals surface area contributed by atoms with E-state index in [1.807, 2.05) is 30.3 Å². The van der Waals surface area contributed by atoms with Crippen LogP contribution in [0.25, 0.3) is 11.3 Å². The molecule has 5 rings (SSSR count). The number of benzene rings is 1. The molecule has 0 unspecified atom stereocenters. The maximum absolute atomic E-state index is 11.2. The molecule has 2 aliphatic rings. The number of nitrogens with zero attached hydrogens (tertiary/aromatic N) is 3. The molecule has 32 heavy (non-hydrogen) atoms. The minimum atomic E-state index is -0.410. The smallest absolute Gasteiger partial charge is 0.270 e. The van der Waals surface area contributed by atoms with Gasteiger partial charge in [0.05, 0.1) is 22.8 Å². The van der Waals surface area contributed by atoms with Crippen molar-refractivity contribution in [1.29, 1.82) is 0 Å². The van der Waals surface area contributed by atoms with E-state index >= 15 is 0 Å². The fourth-order valence-electron chi connectivity index (χ4n) is 4.36. The Labute approximate surface area is 190 Å². The van der Waals surface area contributed by atoms with Crippen LogP contribution in [0.1, 0.15) is 36.4 Å². The summed E-state index contributed by atoms with van der Waals surface area (Å²) in [5.41, 5.74) is 1.54. The first-order valence-electron chi connectivity index (χ1n) is 10.5. The number of thiocarbonyl (C=S) groups is 1. The summed E-state index contributed by atoms with van der Waals surface area (Å²) < 4.78 is 12.1. The van der Waals surface area contributed by atoms with E-state index in [1.54, 1.807) is 18.3 Å². The number of nitro benzene ring substituents is 1. The number of furan rings is 1. The normalized spacial score (nSPS) is 22.8. The lowest BCUT2D eigenvalue weighted by atomic mass is 10.0. The molecule has 1 N–H and O–H groups in total. The Morgan fingerprint density at radius 2 is 2.12 bits per heavy atom. The molecule has 2 saturated heterocycles. The topological polar surface area (TPSA) is 93.7 Å². The second-order valence-electron chi connectivity index (χ2n) is 7.92. The molecule has 0 aliphatic carbocycles. The molecule has 9 heteroatoms. The van der Waals surface area contributed by atoms with Crippen LogP contribution < -0.4 is 5.32 Å². The van der Waals surface area contributed by atoms with Gasteiger partial charge in [0.2, 0.25) is 0 Å². The van der Waals surface area contributed by atoms with Crippen LogP contribution in [-0.4, -0.2) is 39.2 Å². The summed E-state index contributed by atoms with van der Waals surface area (Å²) in [6.45, 7) is 1.43. The molecule has 0 saturated carbocycles. The largest absolute Gasteiger partial charge is 0.459 e. The quantitative estimate of drug-likeness (QED) is 0.336. The third kappa shape index (κ3) is 3.96. The van der Waals surface area contributed by atoms with E-state index in [0.29, 0.717) is 28.7 Å². The average molecular weight is 451 g/mol. The van der Waals surface area contributed by atoms with Crippen LogP contribution in [0, 0.1) is 10.1 Å². The Balaban J connectivity index is 1.50. The van der Waals surface area contributed by atoms with Crippen LogP contribution in [0.15, 0.2) is 65.2 Å². The molecule has 1 aromatic carbocycles. The van der Waals surface area contributed by atoms with Gasteiger partial charge >= 0.3 is 0 Å². The van der Waals surface area contributed by atoms with Gasteiger partial charge in [-0.05, 0) is 49.3 Å². The van der Waals surface area contributed by atoms with Gasteiger partial charge in [-0.3, -0.25) is 15.1 Å². The number of hydrogen-bond acceptors (Lipinski definition) is 6. The van der Waals surface area contributed by atoms with Crippen molar-refractivity contribution >= 4 is 23.0 Å². The maximum atomic E-state index is 11.2. The number of hydrogen-bond donors (Lipinski definition) is 1. The van der Waals surface area contributed by atoms with Crippen LogP contribution in [0.5, 0.6) is 0 Å². The van der Waals surface area contributed by atoms with Crippen molar-refractivity contribution in [3.8, 4) is 11.3 Å². The van der Waals surface area contributed by atoms with Gasteiger partial charge in [0.1, 0.15) is 17.6 Å². The van der Waals surface area contributed by atoms with Crippen LogP contribution in [0.2, 0.25) is 0 Å². The van der Waals surface area contributed by atoms with Gasteiger partial charge in [-0.2, -0.15) is 0 Å². The van der Waals surface area contributed by atoms with Gasteiger partial charge in [-0.1, -0.05) is 18.2 Å². The molecule has 8 nitrogen and oxygen atoms in total. The molecule has 0 spiro atoms. The van der Waals surface area contributed by atoms with Crippen molar-refractivity contribution in [3.05, 3.63) is 82.4 Å². The molecule has 3 aromatic rings. The van der Waals surface area contributed by atoms with E-state index < -0.39 is 4.92 Å². The molecule has 4 heterocycles. The van der Waals surface area contributed by atoms with Gasteiger partial charge in [-0.15, -0.1) is 0 Å². The minimum Gasteiger partial charge on any atom is -0.459 e. The second-order valence-corrected chi connectivity index (χ2v) is 8.31. The van der Waals surface area contributed by atoms with Gasteiger partial charge in [0.25, 0.3) is 5.69 Å². The van der Waals surface area contributed by atoms with Crippen LogP contribution in [0.3, 0.4) is 0 Å². The van der Waals surface area contributed by atoms with E-state index in [1.165, 1.54) is 12.1 Å².